The summed E-state index contributed by atoms with van der Waals surface area (Å²) < 4.78 is 34.7. The Morgan fingerprint density at radius 2 is 0.600 bits per heavy atom. The van der Waals surface area contributed by atoms with Crippen molar-refractivity contribution in [3.63, 3.8) is 0 Å². The van der Waals surface area contributed by atoms with Gasteiger partial charge in [-0.25, -0.2) is 4.57 Å². The van der Waals surface area contributed by atoms with E-state index in [-0.39, 0.29) is 32.0 Å². The zero-order valence-electron chi connectivity index (χ0n) is 57.5. The van der Waals surface area contributed by atoms with Crippen molar-refractivity contribution in [1.82, 2.24) is 0 Å². The fourth-order valence-electron chi connectivity index (χ4n) is 8.81. The third-order valence-corrected chi connectivity index (χ3v) is 15.1. The molecule has 506 valence electrons. The number of esters is 2. The van der Waals surface area contributed by atoms with E-state index in [1.807, 2.05) is 21.1 Å². The molecule has 9 nitrogen and oxygen atoms in total. The van der Waals surface area contributed by atoms with Crippen molar-refractivity contribution in [3.8, 4) is 0 Å². The number of likely N-dealkylation sites (N-methyl/N-ethyl adjacent to an activating group) is 1. The molecule has 0 rings (SSSR count). The maximum atomic E-state index is 12.9. The standard InChI is InChI=1S/C80H128NO8P/c1-6-8-10-12-14-16-18-20-22-24-26-28-30-32-34-36-38-40-42-44-46-48-50-52-54-56-58-60-62-64-66-68-70-72-79(82)86-76-78(77-88-90(84,85)87-75-74-81(3,4)5)89-80(83)73-71-69-67-65-63-61-59-57-55-53-51-49-47-45-43-41-39-37-35-33-31-29-27-25-23-21-19-17-15-13-11-9-7-2/h8-11,14-17,20-23,26-29,32-35,38-41,44-47,51,53,57,59,78H,6-7,12-13,18-19,24-25,30-31,36-37,42-43,48-50,52,54-56,58,60-77H2,1-5H3/p+1/b10-8-,11-9-,16-14-,17-15-,22-20-,23-21-,28-26-,29-27-,34-32-,35-33-,40-38-,41-39-,46-44-,47-45-,53-51-,59-57-. The number of nitrogens with zero attached hydrogens (tertiary/aromatic N) is 1. The molecular formula is C80H129NO8P+. The molecule has 0 aliphatic carbocycles. The smallest absolute Gasteiger partial charge is 0.462 e. The number of ether oxygens (including phenoxy) is 2. The van der Waals surface area contributed by atoms with Gasteiger partial charge in [0.2, 0.25) is 0 Å². The summed E-state index contributed by atoms with van der Waals surface area (Å²) in [7, 11) is 1.43. The Labute approximate surface area is 552 Å². The zero-order valence-corrected chi connectivity index (χ0v) is 58.4. The quantitative estimate of drug-likeness (QED) is 0.0211. The van der Waals surface area contributed by atoms with Gasteiger partial charge in [-0.05, 0) is 141 Å². The summed E-state index contributed by atoms with van der Waals surface area (Å²) in [6.07, 6.45) is 107. The monoisotopic (exact) mass is 1260 g/mol. The number of quaternary nitrogens is 1. The van der Waals surface area contributed by atoms with Crippen LogP contribution in [0.5, 0.6) is 0 Å². The van der Waals surface area contributed by atoms with Gasteiger partial charge >= 0.3 is 19.8 Å². The van der Waals surface area contributed by atoms with Crippen LogP contribution in [0.15, 0.2) is 194 Å². The summed E-state index contributed by atoms with van der Waals surface area (Å²) in [5.74, 6) is -0.836. The number of phosphoric acid groups is 1. The molecule has 0 spiro atoms. The molecule has 0 fully saturated rings. The first kappa shape index (κ1) is 84.8. The van der Waals surface area contributed by atoms with E-state index in [4.69, 9.17) is 18.5 Å². The lowest BCUT2D eigenvalue weighted by Crippen LogP contribution is -2.37. The van der Waals surface area contributed by atoms with E-state index >= 15 is 0 Å². The van der Waals surface area contributed by atoms with Crippen molar-refractivity contribution in [2.75, 3.05) is 47.5 Å². The van der Waals surface area contributed by atoms with E-state index in [1.54, 1.807) is 0 Å². The minimum Gasteiger partial charge on any atom is -0.462 e. The second kappa shape index (κ2) is 68.2. The van der Waals surface area contributed by atoms with Crippen LogP contribution in [-0.4, -0.2) is 74.9 Å². The third kappa shape index (κ3) is 71.9. The van der Waals surface area contributed by atoms with Gasteiger partial charge in [-0.2, -0.15) is 0 Å². The van der Waals surface area contributed by atoms with Gasteiger partial charge in [-0.1, -0.05) is 285 Å². The van der Waals surface area contributed by atoms with Crippen molar-refractivity contribution in [2.24, 2.45) is 0 Å². The van der Waals surface area contributed by atoms with Crippen LogP contribution in [0, 0.1) is 0 Å². The van der Waals surface area contributed by atoms with E-state index in [9.17, 15) is 19.0 Å². The average Bonchev–Trinajstić information content (AvgIpc) is 3.58. The second-order valence-electron chi connectivity index (χ2n) is 23.8. The molecule has 0 aliphatic rings. The van der Waals surface area contributed by atoms with Crippen LogP contribution in [-0.2, 0) is 32.7 Å². The molecule has 0 bridgehead atoms. The molecule has 2 unspecified atom stereocenters. The molecule has 0 aliphatic heterocycles. The number of carbonyl (C=O) groups is 2. The van der Waals surface area contributed by atoms with Crippen molar-refractivity contribution in [2.45, 2.75) is 251 Å². The van der Waals surface area contributed by atoms with Gasteiger partial charge in [0, 0.05) is 12.8 Å². The Balaban J connectivity index is 4.19. The number of carbonyl (C=O) groups excluding carboxylic acids is 2. The summed E-state index contributed by atoms with van der Waals surface area (Å²) in [5.41, 5.74) is 0. The molecular weight excluding hydrogens is 1130 g/mol. The predicted molar refractivity (Wildman–Crippen MR) is 389 cm³/mol. The fraction of sp³-hybridized carbons (Fsp3) is 0.575. The van der Waals surface area contributed by atoms with Crippen molar-refractivity contribution in [1.29, 1.82) is 0 Å². The van der Waals surface area contributed by atoms with E-state index in [1.165, 1.54) is 44.9 Å². The highest BCUT2D eigenvalue weighted by atomic mass is 31.2. The highest BCUT2D eigenvalue weighted by molar-refractivity contribution is 7.47. The van der Waals surface area contributed by atoms with Crippen molar-refractivity contribution < 1.29 is 42.1 Å². The second-order valence-corrected chi connectivity index (χ2v) is 25.3. The van der Waals surface area contributed by atoms with Gasteiger partial charge in [0.25, 0.3) is 0 Å². The van der Waals surface area contributed by atoms with E-state index < -0.39 is 26.5 Å². The predicted octanol–water partition coefficient (Wildman–Crippen LogP) is 23.3. The normalized spacial score (nSPS) is 14.3. The number of hydrogen-bond acceptors (Lipinski definition) is 7. The maximum absolute atomic E-state index is 12.9. The molecule has 0 radical (unpaired) electrons. The lowest BCUT2D eigenvalue weighted by Gasteiger charge is -2.24. The van der Waals surface area contributed by atoms with Crippen LogP contribution >= 0.6 is 7.82 Å². The lowest BCUT2D eigenvalue weighted by molar-refractivity contribution is -0.870. The number of rotatable bonds is 62. The molecule has 0 heterocycles. The van der Waals surface area contributed by atoms with Crippen LogP contribution < -0.4 is 0 Å². The molecule has 0 aromatic rings. The van der Waals surface area contributed by atoms with Crippen LogP contribution in [0.4, 0.5) is 0 Å². The molecule has 0 aromatic carbocycles. The summed E-state index contributed by atoms with van der Waals surface area (Å²) in [5, 5.41) is 0. The first-order chi connectivity index (χ1) is 44.0. The highest BCUT2D eigenvalue weighted by Crippen LogP contribution is 2.43. The van der Waals surface area contributed by atoms with Gasteiger partial charge < -0.3 is 18.9 Å². The third-order valence-electron chi connectivity index (χ3n) is 14.1. The SMILES string of the molecule is CC/C=C\C/C=C\C/C=C\C/C=C\C/C=C\C/C=C\C/C=C\C/C=C\C/C=C\CCCCCCCC(=O)OC(COC(=O)CCCCCCCCCCCCC/C=C\C/C=C\C/C=C\C/C=C\C/C=C\C/C=C\C/C=C\CC)COP(=O)(O)OCC[N+](C)(C)C. The number of allylic oxidation sites excluding steroid dienone is 32. The van der Waals surface area contributed by atoms with Crippen molar-refractivity contribution in [3.05, 3.63) is 194 Å². The van der Waals surface area contributed by atoms with Gasteiger partial charge in [-0.15, -0.1) is 0 Å². The first-order valence-corrected chi connectivity index (χ1v) is 36.7. The Bertz CT molecular complexity index is 2220. The van der Waals surface area contributed by atoms with Crippen LogP contribution in [0.2, 0.25) is 0 Å². The molecule has 10 heteroatoms. The maximum Gasteiger partial charge on any atom is 0.472 e. The van der Waals surface area contributed by atoms with Crippen LogP contribution in [0.1, 0.15) is 245 Å². The van der Waals surface area contributed by atoms with E-state index in [0.29, 0.717) is 17.4 Å². The Morgan fingerprint density at radius 1 is 0.344 bits per heavy atom. The van der Waals surface area contributed by atoms with Gasteiger partial charge in [0.15, 0.2) is 6.10 Å². The molecule has 2 atom stereocenters. The number of phosphoric ester groups is 1. The number of unbranched alkanes of at least 4 members (excludes halogenated alkanes) is 16. The summed E-state index contributed by atoms with van der Waals surface area (Å²) in [6.45, 7) is 4.16. The Kier molecular flexibility index (Phi) is 64.3. The lowest BCUT2D eigenvalue weighted by atomic mass is 10.0. The minimum absolute atomic E-state index is 0.0163. The van der Waals surface area contributed by atoms with Crippen LogP contribution in [0.25, 0.3) is 0 Å². The fourth-order valence-corrected chi connectivity index (χ4v) is 9.55. The van der Waals surface area contributed by atoms with Gasteiger partial charge in [-0.3, -0.25) is 18.6 Å². The molecule has 90 heavy (non-hydrogen) atoms. The molecule has 0 aromatic heterocycles. The number of hydrogen-bond donors (Lipinski definition) is 1. The topological polar surface area (TPSA) is 108 Å². The van der Waals surface area contributed by atoms with E-state index in [2.05, 4.69) is 208 Å². The molecule has 0 amide bonds. The Hall–Kier alpha value is -5.15. The summed E-state index contributed by atoms with van der Waals surface area (Å²) in [6, 6.07) is 0. The summed E-state index contributed by atoms with van der Waals surface area (Å²) >= 11 is 0. The van der Waals surface area contributed by atoms with Crippen molar-refractivity contribution >= 4 is 19.8 Å². The molecule has 1 N–H and O–H groups in total. The van der Waals surface area contributed by atoms with Crippen LogP contribution in [0.3, 0.4) is 0 Å². The summed E-state index contributed by atoms with van der Waals surface area (Å²) in [4.78, 5) is 35.9. The minimum atomic E-state index is -4.41. The van der Waals surface area contributed by atoms with Gasteiger partial charge in [0.1, 0.15) is 19.8 Å². The zero-order chi connectivity index (χ0) is 65.5. The Morgan fingerprint density at radius 3 is 0.889 bits per heavy atom. The molecule has 0 saturated heterocycles. The van der Waals surface area contributed by atoms with Gasteiger partial charge in [0.05, 0.1) is 27.7 Å². The van der Waals surface area contributed by atoms with E-state index in [0.717, 1.165) is 167 Å². The highest BCUT2D eigenvalue weighted by Gasteiger charge is 2.27. The molecule has 0 saturated carbocycles. The first-order valence-electron chi connectivity index (χ1n) is 35.2. The average molecular weight is 1260 g/mol. The largest absolute Gasteiger partial charge is 0.472 e.